The average Bonchev–Trinajstić information content (AvgIpc) is 2.68. The standard InChI is InChI=1S/C20H14F3N3O2/c21-20(22,23)14-5-4-8-16(12-14)26-18(27)13-9-10-24-17(11-13)19(28)25-15-6-2-1-3-7-15/h1-12H,(H,25,28)(H,26,27). The number of carbonyl (C=O) groups is 2. The van der Waals surface area contributed by atoms with E-state index in [1.165, 1.54) is 30.5 Å². The van der Waals surface area contributed by atoms with Crippen molar-refractivity contribution in [1.82, 2.24) is 4.98 Å². The molecule has 0 radical (unpaired) electrons. The number of anilines is 2. The molecule has 0 atom stereocenters. The molecule has 0 bridgehead atoms. The molecule has 0 spiro atoms. The molecule has 8 heteroatoms. The quantitative estimate of drug-likeness (QED) is 0.689. The van der Waals surface area contributed by atoms with E-state index >= 15 is 0 Å². The fraction of sp³-hybridized carbons (Fsp3) is 0.0500. The fourth-order valence-electron chi connectivity index (χ4n) is 2.39. The van der Waals surface area contributed by atoms with E-state index in [4.69, 9.17) is 0 Å². The van der Waals surface area contributed by atoms with Gasteiger partial charge in [0, 0.05) is 23.1 Å². The number of alkyl halides is 3. The molecule has 0 aliphatic carbocycles. The van der Waals surface area contributed by atoms with Crippen LogP contribution in [0.2, 0.25) is 0 Å². The van der Waals surface area contributed by atoms with Crippen LogP contribution in [0.15, 0.2) is 72.9 Å². The van der Waals surface area contributed by atoms with Crippen LogP contribution in [-0.2, 0) is 6.18 Å². The van der Waals surface area contributed by atoms with Gasteiger partial charge in [-0.3, -0.25) is 14.6 Å². The van der Waals surface area contributed by atoms with Gasteiger partial charge in [0.1, 0.15) is 5.69 Å². The van der Waals surface area contributed by atoms with Crippen LogP contribution >= 0.6 is 0 Å². The Balaban J connectivity index is 1.75. The normalized spacial score (nSPS) is 11.0. The number of hydrogen-bond donors (Lipinski definition) is 2. The Kier molecular flexibility index (Phi) is 5.39. The number of halogens is 3. The van der Waals surface area contributed by atoms with Crippen molar-refractivity contribution in [3.8, 4) is 0 Å². The summed E-state index contributed by atoms with van der Waals surface area (Å²) < 4.78 is 38.4. The summed E-state index contributed by atoms with van der Waals surface area (Å²) in [5.41, 5.74) is -0.228. The maximum absolute atomic E-state index is 12.8. The van der Waals surface area contributed by atoms with E-state index in [-0.39, 0.29) is 16.9 Å². The molecule has 5 nitrogen and oxygen atoms in total. The van der Waals surface area contributed by atoms with Gasteiger partial charge in [-0.1, -0.05) is 24.3 Å². The van der Waals surface area contributed by atoms with Crippen LogP contribution in [0.5, 0.6) is 0 Å². The summed E-state index contributed by atoms with van der Waals surface area (Å²) in [5.74, 6) is -1.17. The number of hydrogen-bond acceptors (Lipinski definition) is 3. The number of nitrogens with zero attached hydrogens (tertiary/aromatic N) is 1. The van der Waals surface area contributed by atoms with E-state index in [1.54, 1.807) is 30.3 Å². The highest BCUT2D eigenvalue weighted by atomic mass is 19.4. The Morgan fingerprint density at radius 2 is 1.46 bits per heavy atom. The first-order valence-electron chi connectivity index (χ1n) is 8.14. The molecule has 0 saturated carbocycles. The lowest BCUT2D eigenvalue weighted by Gasteiger charge is -2.10. The average molecular weight is 385 g/mol. The second kappa shape index (κ2) is 7.91. The minimum Gasteiger partial charge on any atom is -0.322 e. The molecular weight excluding hydrogens is 371 g/mol. The van der Waals surface area contributed by atoms with Gasteiger partial charge in [0.15, 0.2) is 0 Å². The zero-order chi connectivity index (χ0) is 20.1. The molecule has 0 fully saturated rings. The molecule has 3 aromatic rings. The van der Waals surface area contributed by atoms with Gasteiger partial charge >= 0.3 is 6.18 Å². The summed E-state index contributed by atoms with van der Waals surface area (Å²) in [4.78, 5) is 28.6. The second-order valence-corrected chi connectivity index (χ2v) is 5.78. The van der Waals surface area contributed by atoms with Crippen molar-refractivity contribution < 1.29 is 22.8 Å². The summed E-state index contributed by atoms with van der Waals surface area (Å²) >= 11 is 0. The van der Waals surface area contributed by atoms with E-state index in [0.717, 1.165) is 12.1 Å². The number of aromatic nitrogens is 1. The Bertz CT molecular complexity index is 1000. The summed E-state index contributed by atoms with van der Waals surface area (Å²) in [6, 6.07) is 15.6. The smallest absolute Gasteiger partial charge is 0.322 e. The topological polar surface area (TPSA) is 71.1 Å². The monoisotopic (exact) mass is 385 g/mol. The molecular formula is C20H14F3N3O2. The number of pyridine rings is 1. The highest BCUT2D eigenvalue weighted by molar-refractivity contribution is 6.07. The van der Waals surface area contributed by atoms with Gasteiger partial charge in [-0.05, 0) is 42.5 Å². The van der Waals surface area contributed by atoms with E-state index in [0.29, 0.717) is 5.69 Å². The van der Waals surface area contributed by atoms with Gasteiger partial charge < -0.3 is 10.6 Å². The van der Waals surface area contributed by atoms with Crippen LogP contribution in [0.1, 0.15) is 26.4 Å². The van der Waals surface area contributed by atoms with E-state index in [9.17, 15) is 22.8 Å². The summed E-state index contributed by atoms with van der Waals surface area (Å²) in [6.45, 7) is 0. The first kappa shape index (κ1) is 19.1. The number of nitrogens with one attached hydrogen (secondary N) is 2. The first-order valence-corrected chi connectivity index (χ1v) is 8.14. The summed E-state index contributed by atoms with van der Waals surface area (Å²) in [7, 11) is 0. The van der Waals surface area contributed by atoms with Gasteiger partial charge in [-0.25, -0.2) is 0 Å². The molecule has 1 aromatic heterocycles. The predicted molar refractivity (Wildman–Crippen MR) is 98.0 cm³/mol. The van der Waals surface area contributed by atoms with Crippen LogP contribution in [0, 0.1) is 0 Å². The molecule has 28 heavy (non-hydrogen) atoms. The van der Waals surface area contributed by atoms with Crippen molar-refractivity contribution in [3.63, 3.8) is 0 Å². The molecule has 2 aromatic carbocycles. The minimum atomic E-state index is -4.51. The van der Waals surface area contributed by atoms with Crippen molar-refractivity contribution in [1.29, 1.82) is 0 Å². The minimum absolute atomic E-state index is 0.000505. The zero-order valence-electron chi connectivity index (χ0n) is 14.3. The van der Waals surface area contributed by atoms with Crippen LogP contribution in [0.25, 0.3) is 0 Å². The van der Waals surface area contributed by atoms with Crippen LogP contribution in [0.4, 0.5) is 24.5 Å². The van der Waals surface area contributed by atoms with Crippen LogP contribution in [0.3, 0.4) is 0 Å². The zero-order valence-corrected chi connectivity index (χ0v) is 14.3. The Hall–Kier alpha value is -3.68. The molecule has 2 amide bonds. The highest BCUT2D eigenvalue weighted by Crippen LogP contribution is 2.30. The Labute approximate surface area is 158 Å². The van der Waals surface area contributed by atoms with Gasteiger partial charge in [-0.15, -0.1) is 0 Å². The van der Waals surface area contributed by atoms with Gasteiger partial charge in [-0.2, -0.15) is 13.2 Å². The maximum Gasteiger partial charge on any atom is 0.416 e. The molecule has 0 saturated heterocycles. The van der Waals surface area contributed by atoms with Crippen LogP contribution < -0.4 is 10.6 Å². The molecule has 142 valence electrons. The van der Waals surface area contributed by atoms with Crippen molar-refractivity contribution >= 4 is 23.2 Å². The largest absolute Gasteiger partial charge is 0.416 e. The summed E-state index contributed by atoms with van der Waals surface area (Å²) in [5, 5.41) is 5.03. The van der Waals surface area contributed by atoms with Crippen molar-refractivity contribution in [2.24, 2.45) is 0 Å². The number of amides is 2. The van der Waals surface area contributed by atoms with Gasteiger partial charge in [0.2, 0.25) is 0 Å². The number of rotatable bonds is 4. The molecule has 0 aliphatic heterocycles. The molecule has 0 aliphatic rings. The lowest BCUT2D eigenvalue weighted by atomic mass is 10.1. The fourth-order valence-corrected chi connectivity index (χ4v) is 2.39. The number of carbonyl (C=O) groups excluding carboxylic acids is 2. The Morgan fingerprint density at radius 3 is 2.18 bits per heavy atom. The van der Waals surface area contributed by atoms with E-state index in [1.807, 2.05) is 0 Å². The molecule has 1 heterocycles. The van der Waals surface area contributed by atoms with Gasteiger partial charge in [0.25, 0.3) is 11.8 Å². The lowest BCUT2D eigenvalue weighted by molar-refractivity contribution is -0.137. The first-order chi connectivity index (χ1) is 13.3. The van der Waals surface area contributed by atoms with Crippen molar-refractivity contribution in [2.75, 3.05) is 10.6 Å². The number of para-hydroxylation sites is 1. The third-order valence-electron chi connectivity index (χ3n) is 3.73. The molecule has 0 unspecified atom stereocenters. The third kappa shape index (κ3) is 4.73. The second-order valence-electron chi connectivity index (χ2n) is 5.78. The van der Waals surface area contributed by atoms with Gasteiger partial charge in [0.05, 0.1) is 5.56 Å². The summed E-state index contributed by atoms with van der Waals surface area (Å²) in [6.07, 6.45) is -3.24. The third-order valence-corrected chi connectivity index (χ3v) is 3.73. The molecule has 2 N–H and O–H groups in total. The van der Waals surface area contributed by atoms with E-state index < -0.39 is 23.6 Å². The Morgan fingerprint density at radius 1 is 0.786 bits per heavy atom. The lowest BCUT2D eigenvalue weighted by Crippen LogP contribution is -2.17. The van der Waals surface area contributed by atoms with Crippen molar-refractivity contribution in [3.05, 3.63) is 89.7 Å². The van der Waals surface area contributed by atoms with Crippen LogP contribution in [-0.4, -0.2) is 16.8 Å². The molecule has 3 rings (SSSR count). The van der Waals surface area contributed by atoms with E-state index in [2.05, 4.69) is 15.6 Å². The SMILES string of the molecule is O=C(Nc1cccc(C(F)(F)F)c1)c1ccnc(C(=O)Nc2ccccc2)c1. The predicted octanol–water partition coefficient (Wildman–Crippen LogP) is 4.61. The van der Waals surface area contributed by atoms with Crippen molar-refractivity contribution in [2.45, 2.75) is 6.18 Å². The highest BCUT2D eigenvalue weighted by Gasteiger charge is 2.30. The number of benzene rings is 2. The maximum atomic E-state index is 12.8.